The van der Waals surface area contributed by atoms with Crippen LogP contribution in [0.15, 0.2) is 249 Å². The molecule has 0 aliphatic rings. The van der Waals surface area contributed by atoms with Gasteiger partial charge in [-0.1, -0.05) is 206 Å². The summed E-state index contributed by atoms with van der Waals surface area (Å²) in [6, 6.07) is 88.2. The van der Waals surface area contributed by atoms with E-state index in [1.54, 1.807) is 0 Å². The Balaban J connectivity index is 1.04. The molecule has 5 heteroatoms. The maximum Gasteiger partial charge on any atom is 0.164 e. The average Bonchev–Trinajstić information content (AvgIpc) is 3.94. The van der Waals surface area contributed by atoms with Crippen molar-refractivity contribution in [1.82, 2.24) is 24.1 Å². The van der Waals surface area contributed by atoms with Crippen molar-refractivity contribution >= 4 is 43.6 Å². The molecule has 0 amide bonds. The maximum absolute atomic E-state index is 5.32. The van der Waals surface area contributed by atoms with Crippen LogP contribution in [0, 0.1) is 0 Å². The first kappa shape index (κ1) is 39.2. The number of hydrogen-bond donors (Lipinski definition) is 0. The molecule has 0 saturated heterocycles. The lowest BCUT2D eigenvalue weighted by Gasteiger charge is -2.17. The number of para-hydroxylation sites is 3. The molecule has 0 spiro atoms. The van der Waals surface area contributed by atoms with Crippen LogP contribution >= 0.6 is 0 Å². The minimum atomic E-state index is 0.592. The largest absolute Gasteiger partial charge is 0.309 e. The molecule has 0 unspecified atom stereocenters. The molecular weight excluding hydrogens is 827 g/mol. The van der Waals surface area contributed by atoms with Gasteiger partial charge < -0.3 is 9.13 Å². The van der Waals surface area contributed by atoms with E-state index >= 15 is 0 Å². The highest BCUT2D eigenvalue weighted by Crippen LogP contribution is 2.41. The lowest BCUT2D eigenvalue weighted by atomic mass is 10.00. The van der Waals surface area contributed by atoms with Gasteiger partial charge in [0.25, 0.3) is 0 Å². The molecule has 3 heterocycles. The van der Waals surface area contributed by atoms with Gasteiger partial charge in [0.15, 0.2) is 17.5 Å². The molecule has 0 fully saturated rings. The first-order valence-corrected chi connectivity index (χ1v) is 23.0. The minimum absolute atomic E-state index is 0.592. The summed E-state index contributed by atoms with van der Waals surface area (Å²) >= 11 is 0. The SMILES string of the molecule is c1ccc(-c2ccc(-c3nc(-c4cccc(-c5ccccc5)c4)nc(-c4ccc(-c5ccccc5)c(-n5c6ccccc6c6ccc(-n7c8ccccc8c8ccccc87)cc65)c4)n3)cc2)cc1. The molecule has 0 aliphatic heterocycles. The molecule has 3 aromatic heterocycles. The van der Waals surface area contributed by atoms with Crippen LogP contribution in [0.25, 0.3) is 123 Å². The highest BCUT2D eigenvalue weighted by molar-refractivity contribution is 6.12. The molecule has 13 rings (SSSR count). The van der Waals surface area contributed by atoms with Crippen LogP contribution in [-0.4, -0.2) is 24.1 Å². The van der Waals surface area contributed by atoms with Gasteiger partial charge in [-0.05, 0) is 70.3 Å². The minimum Gasteiger partial charge on any atom is -0.309 e. The van der Waals surface area contributed by atoms with Crippen molar-refractivity contribution in [3.05, 3.63) is 249 Å². The molecule has 318 valence electrons. The van der Waals surface area contributed by atoms with Crippen LogP contribution in [0.1, 0.15) is 0 Å². The summed E-state index contributed by atoms with van der Waals surface area (Å²) in [5.74, 6) is 1.81. The molecule has 10 aromatic carbocycles. The second-order valence-electron chi connectivity index (χ2n) is 17.2. The lowest BCUT2D eigenvalue weighted by Crippen LogP contribution is -2.03. The quantitative estimate of drug-likeness (QED) is 0.153. The molecule has 0 N–H and O–H groups in total. The highest BCUT2D eigenvalue weighted by Gasteiger charge is 2.21. The Morgan fingerprint density at radius 1 is 0.235 bits per heavy atom. The van der Waals surface area contributed by atoms with Crippen LogP contribution in [0.5, 0.6) is 0 Å². The Kier molecular flexibility index (Phi) is 9.43. The second-order valence-corrected chi connectivity index (χ2v) is 17.2. The fourth-order valence-electron chi connectivity index (χ4n) is 9.95. The highest BCUT2D eigenvalue weighted by atomic mass is 15.0. The van der Waals surface area contributed by atoms with E-state index in [1.807, 2.05) is 12.1 Å². The molecule has 0 saturated carbocycles. The smallest absolute Gasteiger partial charge is 0.164 e. The molecule has 0 radical (unpaired) electrons. The van der Waals surface area contributed by atoms with Crippen molar-refractivity contribution < 1.29 is 0 Å². The Hall–Kier alpha value is -9.19. The summed E-state index contributed by atoms with van der Waals surface area (Å²) in [4.78, 5) is 15.8. The molecule has 0 bridgehead atoms. The van der Waals surface area contributed by atoms with Gasteiger partial charge in [0.05, 0.1) is 27.8 Å². The zero-order valence-electron chi connectivity index (χ0n) is 36.9. The topological polar surface area (TPSA) is 48.5 Å². The Morgan fingerprint density at radius 2 is 0.647 bits per heavy atom. The van der Waals surface area contributed by atoms with E-state index in [1.165, 1.54) is 32.6 Å². The van der Waals surface area contributed by atoms with Gasteiger partial charge in [-0.15, -0.1) is 0 Å². The molecule has 68 heavy (non-hydrogen) atoms. The predicted molar refractivity (Wildman–Crippen MR) is 281 cm³/mol. The van der Waals surface area contributed by atoms with Gasteiger partial charge in [0.1, 0.15) is 0 Å². The summed E-state index contributed by atoms with van der Waals surface area (Å²) in [6.45, 7) is 0. The molecule has 5 nitrogen and oxygen atoms in total. The number of benzene rings is 10. The first-order chi connectivity index (χ1) is 33.7. The van der Waals surface area contributed by atoms with Crippen molar-refractivity contribution in [2.75, 3.05) is 0 Å². The van der Waals surface area contributed by atoms with Crippen molar-refractivity contribution in [3.8, 4) is 78.9 Å². The van der Waals surface area contributed by atoms with Gasteiger partial charge in [0.2, 0.25) is 0 Å². The van der Waals surface area contributed by atoms with Crippen LogP contribution in [0.2, 0.25) is 0 Å². The Bertz CT molecular complexity index is 3950. The van der Waals surface area contributed by atoms with E-state index < -0.39 is 0 Å². The summed E-state index contributed by atoms with van der Waals surface area (Å²) in [7, 11) is 0. The number of rotatable bonds is 8. The average molecular weight is 868 g/mol. The van der Waals surface area contributed by atoms with Gasteiger partial charge in [-0.2, -0.15) is 0 Å². The summed E-state index contributed by atoms with van der Waals surface area (Å²) in [5.41, 5.74) is 16.1. The van der Waals surface area contributed by atoms with Crippen LogP contribution in [0.4, 0.5) is 0 Å². The number of hydrogen-bond acceptors (Lipinski definition) is 3. The van der Waals surface area contributed by atoms with Crippen molar-refractivity contribution in [2.24, 2.45) is 0 Å². The number of aromatic nitrogens is 5. The molecule has 13 aromatic rings. The van der Waals surface area contributed by atoms with E-state index in [-0.39, 0.29) is 0 Å². The van der Waals surface area contributed by atoms with Gasteiger partial charge >= 0.3 is 0 Å². The van der Waals surface area contributed by atoms with E-state index in [2.05, 4.69) is 246 Å². The molecule has 0 aliphatic carbocycles. The van der Waals surface area contributed by atoms with E-state index in [0.29, 0.717) is 17.5 Å². The summed E-state index contributed by atoms with van der Waals surface area (Å²) < 4.78 is 4.83. The Morgan fingerprint density at radius 3 is 1.25 bits per heavy atom. The predicted octanol–water partition coefficient (Wildman–Crippen LogP) is 16.1. The third-order valence-corrected chi connectivity index (χ3v) is 13.2. The Labute approximate surface area is 393 Å². The lowest BCUT2D eigenvalue weighted by molar-refractivity contribution is 1.07. The third-order valence-electron chi connectivity index (χ3n) is 13.2. The molecule has 0 atom stereocenters. The van der Waals surface area contributed by atoms with Crippen LogP contribution in [0.3, 0.4) is 0 Å². The second kappa shape index (κ2) is 16.4. The zero-order valence-corrected chi connectivity index (χ0v) is 36.9. The van der Waals surface area contributed by atoms with Gasteiger partial charge in [-0.3, -0.25) is 0 Å². The fraction of sp³-hybridized carbons (Fsp3) is 0. The van der Waals surface area contributed by atoms with Gasteiger partial charge in [-0.25, -0.2) is 15.0 Å². The standard InChI is InChI=1S/C63H41N5/c1-4-17-42(18-5-1)44-31-33-46(34-32-44)61-64-62(48-24-16-23-47(39-48)43-19-6-2-7-20-43)66-63(65-61)49-35-37-51(45-21-8-3-9-22-45)59(40-49)68-58-30-15-12-27-54(58)55-38-36-50(41-60(55)68)67-56-28-13-10-25-52(56)53-26-11-14-29-57(53)67/h1-41H. The van der Waals surface area contributed by atoms with E-state index in [4.69, 9.17) is 15.0 Å². The van der Waals surface area contributed by atoms with E-state index in [9.17, 15) is 0 Å². The fourth-order valence-corrected chi connectivity index (χ4v) is 9.95. The summed E-state index contributed by atoms with van der Waals surface area (Å²) in [6.07, 6.45) is 0. The van der Waals surface area contributed by atoms with Crippen molar-refractivity contribution in [1.29, 1.82) is 0 Å². The number of nitrogens with zero attached hydrogens (tertiary/aromatic N) is 5. The number of fused-ring (bicyclic) bond motifs is 6. The normalized spacial score (nSPS) is 11.5. The van der Waals surface area contributed by atoms with Crippen LogP contribution < -0.4 is 0 Å². The van der Waals surface area contributed by atoms with Crippen LogP contribution in [-0.2, 0) is 0 Å². The summed E-state index contributed by atoms with van der Waals surface area (Å²) in [5, 5.41) is 4.83. The van der Waals surface area contributed by atoms with Crippen molar-refractivity contribution in [2.45, 2.75) is 0 Å². The van der Waals surface area contributed by atoms with E-state index in [0.717, 1.165) is 72.5 Å². The molecular formula is C63H41N5. The first-order valence-electron chi connectivity index (χ1n) is 23.0. The van der Waals surface area contributed by atoms with Gasteiger partial charge in [0, 0.05) is 49.5 Å². The third kappa shape index (κ3) is 6.76. The monoisotopic (exact) mass is 867 g/mol. The maximum atomic E-state index is 5.32. The zero-order chi connectivity index (χ0) is 45.0. The van der Waals surface area contributed by atoms with Crippen molar-refractivity contribution in [3.63, 3.8) is 0 Å².